The molecule has 0 radical (unpaired) electrons. The Hall–Kier alpha value is -2.41. The fourth-order valence-corrected chi connectivity index (χ4v) is 2.74. The molecule has 0 fully saturated rings. The predicted molar refractivity (Wildman–Crippen MR) is 89.6 cm³/mol. The van der Waals surface area contributed by atoms with Gasteiger partial charge in [0.05, 0.1) is 5.69 Å². The van der Waals surface area contributed by atoms with Gasteiger partial charge in [-0.05, 0) is 48.2 Å². The van der Waals surface area contributed by atoms with E-state index in [0.29, 0.717) is 16.7 Å². The van der Waals surface area contributed by atoms with Crippen LogP contribution in [0.3, 0.4) is 0 Å². The summed E-state index contributed by atoms with van der Waals surface area (Å²) in [7, 11) is 0. The van der Waals surface area contributed by atoms with Gasteiger partial charge in [-0.2, -0.15) is 13.2 Å². The van der Waals surface area contributed by atoms with E-state index in [9.17, 15) is 17.6 Å². The van der Waals surface area contributed by atoms with Crippen molar-refractivity contribution in [2.24, 2.45) is 0 Å². The molecular weight excluding hydrogens is 352 g/mol. The molecule has 1 aromatic heterocycles. The Morgan fingerprint density at radius 1 is 0.880 bits per heavy atom. The zero-order valence-electron chi connectivity index (χ0n) is 13.0. The number of alkyl halides is 3. The molecule has 3 aromatic rings. The fourth-order valence-electron chi connectivity index (χ4n) is 2.33. The van der Waals surface area contributed by atoms with E-state index < -0.39 is 17.8 Å². The van der Waals surface area contributed by atoms with Crippen molar-refractivity contribution in [3.8, 4) is 22.4 Å². The molecule has 2 nitrogen and oxygen atoms in total. The molecule has 0 saturated heterocycles. The second-order valence-electron chi connectivity index (χ2n) is 5.19. The molecular formula is C18H12F4N2S. The second-order valence-corrected chi connectivity index (χ2v) is 6.07. The van der Waals surface area contributed by atoms with Crippen LogP contribution in [-0.2, 0) is 6.18 Å². The smallest absolute Gasteiger partial charge is 0.232 e. The van der Waals surface area contributed by atoms with Crippen LogP contribution in [-0.4, -0.2) is 16.2 Å². The van der Waals surface area contributed by atoms with Crippen LogP contribution in [0.1, 0.15) is 5.82 Å². The van der Waals surface area contributed by atoms with E-state index in [4.69, 9.17) is 0 Å². The van der Waals surface area contributed by atoms with E-state index >= 15 is 0 Å². The third-order valence-electron chi connectivity index (χ3n) is 3.56. The number of hydrogen-bond acceptors (Lipinski definition) is 3. The van der Waals surface area contributed by atoms with Crippen molar-refractivity contribution < 1.29 is 17.6 Å². The number of nitrogens with zero attached hydrogens (tertiary/aromatic N) is 2. The summed E-state index contributed by atoms with van der Waals surface area (Å²) in [5.74, 6) is -1.70. The predicted octanol–water partition coefficient (Wildman–Crippen LogP) is 5.69. The number of halogens is 4. The Kier molecular flexibility index (Phi) is 4.76. The molecule has 7 heteroatoms. The average molecular weight is 364 g/mol. The lowest BCUT2D eigenvalue weighted by atomic mass is 10.0. The van der Waals surface area contributed by atoms with Crippen molar-refractivity contribution in [2.45, 2.75) is 11.1 Å². The molecule has 128 valence electrons. The van der Waals surface area contributed by atoms with Gasteiger partial charge in [-0.15, -0.1) is 11.8 Å². The highest BCUT2D eigenvalue weighted by Crippen LogP contribution is 2.34. The summed E-state index contributed by atoms with van der Waals surface area (Å²) < 4.78 is 52.1. The Morgan fingerprint density at radius 2 is 1.48 bits per heavy atom. The van der Waals surface area contributed by atoms with Crippen LogP contribution in [0.15, 0.2) is 59.6 Å². The topological polar surface area (TPSA) is 25.8 Å². The molecule has 0 amide bonds. The number of hydrogen-bond donors (Lipinski definition) is 0. The van der Waals surface area contributed by atoms with Gasteiger partial charge in [-0.3, -0.25) is 0 Å². The molecule has 25 heavy (non-hydrogen) atoms. The maximum Gasteiger partial charge on any atom is 0.451 e. The minimum Gasteiger partial charge on any atom is -0.232 e. The van der Waals surface area contributed by atoms with Crippen LogP contribution in [0.2, 0.25) is 0 Å². The van der Waals surface area contributed by atoms with E-state index in [1.807, 2.05) is 18.4 Å². The third-order valence-corrected chi connectivity index (χ3v) is 4.30. The van der Waals surface area contributed by atoms with E-state index in [1.165, 1.54) is 24.3 Å². The Labute approximate surface area is 146 Å². The molecule has 0 spiro atoms. The molecule has 3 rings (SSSR count). The summed E-state index contributed by atoms with van der Waals surface area (Å²) in [6.45, 7) is 0. The average Bonchev–Trinajstić information content (AvgIpc) is 2.61. The number of rotatable bonds is 3. The summed E-state index contributed by atoms with van der Waals surface area (Å²) in [5.41, 5.74) is 1.63. The van der Waals surface area contributed by atoms with Crippen LogP contribution in [0.5, 0.6) is 0 Å². The van der Waals surface area contributed by atoms with Gasteiger partial charge >= 0.3 is 6.18 Å². The summed E-state index contributed by atoms with van der Waals surface area (Å²) in [4.78, 5) is 8.18. The van der Waals surface area contributed by atoms with Gasteiger partial charge in [0.25, 0.3) is 0 Å². The molecule has 2 aromatic carbocycles. The SMILES string of the molecule is CSc1ccc(-c2cnc(C(F)(F)F)nc2-c2ccc(F)cc2)cc1. The quantitative estimate of drug-likeness (QED) is 0.441. The standard InChI is InChI=1S/C18H12F4N2S/c1-25-14-8-4-11(5-9-14)15-10-23-17(18(20,21)22)24-16(15)12-2-6-13(19)7-3-12/h2-10H,1H3. The van der Waals surface area contributed by atoms with Gasteiger partial charge in [0.15, 0.2) is 0 Å². The Morgan fingerprint density at radius 3 is 2.04 bits per heavy atom. The van der Waals surface area contributed by atoms with Crippen LogP contribution in [0, 0.1) is 5.82 Å². The van der Waals surface area contributed by atoms with Gasteiger partial charge in [0, 0.05) is 22.2 Å². The third kappa shape index (κ3) is 3.82. The lowest BCUT2D eigenvalue weighted by Crippen LogP contribution is -2.12. The molecule has 0 aliphatic carbocycles. The summed E-state index contributed by atoms with van der Waals surface area (Å²) in [5, 5.41) is 0. The van der Waals surface area contributed by atoms with Crippen molar-refractivity contribution in [2.75, 3.05) is 6.26 Å². The highest BCUT2D eigenvalue weighted by Gasteiger charge is 2.35. The monoisotopic (exact) mass is 364 g/mol. The summed E-state index contributed by atoms with van der Waals surface area (Å²) in [6.07, 6.45) is -1.57. The molecule has 0 N–H and O–H groups in total. The Balaban J connectivity index is 2.18. The highest BCUT2D eigenvalue weighted by atomic mass is 32.2. The van der Waals surface area contributed by atoms with Gasteiger partial charge in [0.2, 0.25) is 5.82 Å². The van der Waals surface area contributed by atoms with Crippen LogP contribution >= 0.6 is 11.8 Å². The first-order chi connectivity index (χ1) is 11.9. The lowest BCUT2D eigenvalue weighted by Gasteiger charge is -2.12. The van der Waals surface area contributed by atoms with Crippen LogP contribution < -0.4 is 0 Å². The summed E-state index contributed by atoms with van der Waals surface area (Å²) >= 11 is 1.56. The minimum absolute atomic E-state index is 0.110. The zero-order chi connectivity index (χ0) is 18.0. The maximum absolute atomic E-state index is 13.2. The highest BCUT2D eigenvalue weighted by molar-refractivity contribution is 7.98. The summed E-state index contributed by atoms with van der Waals surface area (Å²) in [6, 6.07) is 12.5. The molecule has 0 unspecified atom stereocenters. The largest absolute Gasteiger partial charge is 0.451 e. The first-order valence-electron chi connectivity index (χ1n) is 7.23. The number of aromatic nitrogens is 2. The molecule has 0 bridgehead atoms. The molecule has 0 saturated carbocycles. The van der Waals surface area contributed by atoms with E-state index in [-0.39, 0.29) is 5.69 Å². The van der Waals surface area contributed by atoms with Crippen molar-refractivity contribution in [3.05, 3.63) is 66.4 Å². The molecule has 0 aliphatic rings. The number of benzene rings is 2. The van der Waals surface area contributed by atoms with Crippen molar-refractivity contribution in [1.82, 2.24) is 9.97 Å². The Bertz CT molecular complexity index is 875. The number of thioether (sulfide) groups is 1. The normalized spacial score (nSPS) is 11.6. The van der Waals surface area contributed by atoms with Crippen LogP contribution in [0.4, 0.5) is 17.6 Å². The van der Waals surface area contributed by atoms with Gasteiger partial charge in [-0.25, -0.2) is 14.4 Å². The van der Waals surface area contributed by atoms with Gasteiger partial charge in [0.1, 0.15) is 5.82 Å². The van der Waals surface area contributed by atoms with E-state index in [1.54, 1.807) is 23.9 Å². The first kappa shape index (κ1) is 17.4. The minimum atomic E-state index is -4.66. The fraction of sp³-hybridized carbons (Fsp3) is 0.111. The van der Waals surface area contributed by atoms with E-state index in [0.717, 1.165) is 11.1 Å². The molecule has 0 aliphatic heterocycles. The van der Waals surface area contributed by atoms with Crippen LogP contribution in [0.25, 0.3) is 22.4 Å². The molecule has 0 atom stereocenters. The van der Waals surface area contributed by atoms with Crippen molar-refractivity contribution in [3.63, 3.8) is 0 Å². The molecule has 1 heterocycles. The van der Waals surface area contributed by atoms with E-state index in [2.05, 4.69) is 9.97 Å². The first-order valence-corrected chi connectivity index (χ1v) is 8.45. The van der Waals surface area contributed by atoms with Crippen molar-refractivity contribution in [1.29, 1.82) is 0 Å². The van der Waals surface area contributed by atoms with Gasteiger partial charge < -0.3 is 0 Å². The zero-order valence-corrected chi connectivity index (χ0v) is 13.8. The second kappa shape index (κ2) is 6.84. The lowest BCUT2D eigenvalue weighted by molar-refractivity contribution is -0.144. The maximum atomic E-state index is 13.2. The van der Waals surface area contributed by atoms with Gasteiger partial charge in [-0.1, -0.05) is 12.1 Å². The van der Waals surface area contributed by atoms with Crippen molar-refractivity contribution >= 4 is 11.8 Å².